The Balaban J connectivity index is 1.83. The molecule has 0 spiro atoms. The average Bonchev–Trinajstić information content (AvgIpc) is 2.79. The topological polar surface area (TPSA) is 46.2 Å². The van der Waals surface area contributed by atoms with Crippen LogP contribution in [0, 0.1) is 23.5 Å². The van der Waals surface area contributed by atoms with Crippen molar-refractivity contribution in [3.8, 4) is 0 Å². The van der Waals surface area contributed by atoms with Crippen molar-refractivity contribution in [3.63, 3.8) is 0 Å². The molecular formula is C24H26F5NO2S2. The number of hydrogen-bond donors (Lipinski definition) is 1. The summed E-state index contributed by atoms with van der Waals surface area (Å²) < 4.78 is 98.2. The van der Waals surface area contributed by atoms with Crippen LogP contribution in [0.15, 0.2) is 47.4 Å². The lowest BCUT2D eigenvalue weighted by atomic mass is 9.72. The number of nitrogens with one attached hydrogen (secondary N) is 1. The minimum atomic E-state index is -4.62. The highest BCUT2D eigenvalue weighted by molar-refractivity contribution is 7.98. The largest absolute Gasteiger partial charge is 0.416 e. The first-order chi connectivity index (χ1) is 15.8. The maximum Gasteiger partial charge on any atom is 0.416 e. The molecule has 2 aliphatic rings. The van der Waals surface area contributed by atoms with E-state index in [1.165, 1.54) is 0 Å². The molecule has 1 saturated heterocycles. The Morgan fingerprint density at radius 2 is 1.76 bits per heavy atom. The third-order valence-corrected chi connectivity index (χ3v) is 11.1. The van der Waals surface area contributed by atoms with E-state index in [0.29, 0.717) is 30.9 Å². The van der Waals surface area contributed by atoms with Gasteiger partial charge < -0.3 is 0 Å². The number of fused-ring (bicyclic) bond motifs is 1. The highest BCUT2D eigenvalue weighted by atomic mass is 32.2. The minimum Gasteiger partial charge on any atom is -0.261 e. The lowest BCUT2D eigenvalue weighted by molar-refractivity contribution is -0.137. The van der Waals surface area contributed by atoms with Crippen molar-refractivity contribution >= 4 is 21.8 Å². The second-order valence-corrected chi connectivity index (χ2v) is 12.8. The zero-order chi connectivity index (χ0) is 24.9. The molecule has 0 bridgehead atoms. The summed E-state index contributed by atoms with van der Waals surface area (Å²) in [6.45, 7) is 4.14. The van der Waals surface area contributed by atoms with E-state index in [-0.39, 0.29) is 40.5 Å². The zero-order valence-electron chi connectivity index (χ0n) is 18.7. The molecule has 1 N–H and O–H groups in total. The van der Waals surface area contributed by atoms with Crippen molar-refractivity contribution in [1.82, 2.24) is 4.72 Å². The Morgan fingerprint density at radius 3 is 2.38 bits per heavy atom. The molecular weight excluding hydrogens is 493 g/mol. The van der Waals surface area contributed by atoms with E-state index in [1.807, 2.05) is 0 Å². The van der Waals surface area contributed by atoms with Gasteiger partial charge in [0.25, 0.3) is 0 Å². The standard InChI is InChI=1S/C24H26F5NO2S2/c1-14(2)22-11-15-13-23(10-9-21(15)30-33-22,19-12-17(25)5-8-20(19)26)34(31,32)18-6-3-16(4-7-18)24(27,28)29/h3-8,12,14-15,21-22,30H,9-11,13H2,1-2H3. The van der Waals surface area contributed by atoms with Gasteiger partial charge in [0.2, 0.25) is 0 Å². The van der Waals surface area contributed by atoms with Crippen LogP contribution in [0.5, 0.6) is 0 Å². The average molecular weight is 520 g/mol. The van der Waals surface area contributed by atoms with Gasteiger partial charge >= 0.3 is 6.18 Å². The Kier molecular flexibility index (Phi) is 6.81. The first-order valence-electron chi connectivity index (χ1n) is 11.1. The molecule has 1 heterocycles. The van der Waals surface area contributed by atoms with Gasteiger partial charge in [0.15, 0.2) is 9.84 Å². The minimum absolute atomic E-state index is 0.0209. The molecule has 0 amide bonds. The van der Waals surface area contributed by atoms with Gasteiger partial charge in [-0.15, -0.1) is 0 Å². The summed E-state index contributed by atoms with van der Waals surface area (Å²) in [7, 11) is -4.38. The van der Waals surface area contributed by atoms with Gasteiger partial charge in [0.1, 0.15) is 16.4 Å². The van der Waals surface area contributed by atoms with E-state index < -0.39 is 38.0 Å². The number of sulfone groups is 1. The Bertz CT molecular complexity index is 1150. The van der Waals surface area contributed by atoms with Crippen molar-refractivity contribution in [2.75, 3.05) is 0 Å². The van der Waals surface area contributed by atoms with Gasteiger partial charge in [-0.1, -0.05) is 25.8 Å². The van der Waals surface area contributed by atoms with Crippen molar-refractivity contribution in [2.24, 2.45) is 11.8 Å². The molecule has 1 aliphatic heterocycles. The monoisotopic (exact) mass is 519 g/mol. The summed E-state index contributed by atoms with van der Waals surface area (Å²) in [6, 6.07) is 6.02. The van der Waals surface area contributed by atoms with E-state index >= 15 is 4.39 Å². The molecule has 2 aromatic carbocycles. The Morgan fingerprint density at radius 1 is 1.09 bits per heavy atom. The first kappa shape index (κ1) is 25.4. The first-order valence-corrected chi connectivity index (χ1v) is 13.5. The molecule has 4 atom stereocenters. The number of rotatable bonds is 4. The van der Waals surface area contributed by atoms with Gasteiger partial charge in [-0.2, -0.15) is 13.2 Å². The molecule has 4 rings (SSSR count). The molecule has 1 saturated carbocycles. The second-order valence-electron chi connectivity index (χ2n) is 9.51. The molecule has 3 nitrogen and oxygen atoms in total. The van der Waals surface area contributed by atoms with Crippen LogP contribution < -0.4 is 4.72 Å². The van der Waals surface area contributed by atoms with Crippen LogP contribution in [-0.4, -0.2) is 19.7 Å². The summed E-state index contributed by atoms with van der Waals surface area (Å²) in [5.74, 6) is -1.40. The smallest absolute Gasteiger partial charge is 0.261 e. The van der Waals surface area contributed by atoms with E-state index in [9.17, 15) is 26.0 Å². The Labute approximate surface area is 200 Å². The van der Waals surface area contributed by atoms with Crippen LogP contribution >= 0.6 is 11.9 Å². The van der Waals surface area contributed by atoms with Gasteiger partial charge in [0.05, 0.1) is 10.5 Å². The lowest BCUT2D eigenvalue weighted by Gasteiger charge is -2.48. The molecule has 186 valence electrons. The van der Waals surface area contributed by atoms with Gasteiger partial charge in [-0.25, -0.2) is 17.2 Å². The van der Waals surface area contributed by atoms with Gasteiger partial charge in [-0.3, -0.25) is 4.72 Å². The van der Waals surface area contributed by atoms with Crippen LogP contribution in [0.3, 0.4) is 0 Å². The SMILES string of the molecule is CC(C)C1CC2CC(c3cc(F)ccc3F)(S(=O)(=O)c3ccc(C(F)(F)F)cc3)CCC2NS1. The van der Waals surface area contributed by atoms with Crippen molar-refractivity contribution in [1.29, 1.82) is 0 Å². The van der Waals surface area contributed by atoms with E-state index in [4.69, 9.17) is 0 Å². The van der Waals surface area contributed by atoms with E-state index in [2.05, 4.69) is 18.6 Å². The fraction of sp³-hybridized carbons (Fsp3) is 0.500. The van der Waals surface area contributed by atoms with E-state index in [1.54, 1.807) is 11.9 Å². The molecule has 2 fully saturated rings. The third-order valence-electron chi connectivity index (χ3n) is 7.10. The number of halogens is 5. The quantitative estimate of drug-likeness (QED) is 0.371. The molecule has 2 aromatic rings. The maximum atomic E-state index is 15.1. The van der Waals surface area contributed by atoms with Gasteiger partial charge in [-0.05, 0) is 80.0 Å². The summed E-state index contributed by atoms with van der Waals surface area (Å²) >= 11 is 1.63. The maximum absolute atomic E-state index is 15.1. The zero-order valence-corrected chi connectivity index (χ0v) is 20.3. The summed E-state index contributed by atoms with van der Waals surface area (Å²) in [5, 5.41) is 0.225. The molecule has 10 heteroatoms. The van der Waals surface area contributed by atoms with Crippen LogP contribution in [0.1, 0.15) is 50.7 Å². The molecule has 4 unspecified atom stereocenters. The van der Waals surface area contributed by atoms with Crippen molar-refractivity contribution in [3.05, 3.63) is 65.2 Å². The fourth-order valence-electron chi connectivity index (χ4n) is 5.15. The molecule has 0 aromatic heterocycles. The van der Waals surface area contributed by atoms with Gasteiger partial charge in [0, 0.05) is 16.9 Å². The highest BCUT2D eigenvalue weighted by Crippen LogP contribution is 2.52. The predicted octanol–water partition coefficient (Wildman–Crippen LogP) is 6.49. The van der Waals surface area contributed by atoms with E-state index in [0.717, 1.165) is 30.3 Å². The normalized spacial score (nSPS) is 28.1. The summed E-state index contributed by atoms with van der Waals surface area (Å²) in [4.78, 5) is -0.332. The molecule has 0 radical (unpaired) electrons. The van der Waals surface area contributed by atoms with Crippen LogP contribution in [0.4, 0.5) is 22.0 Å². The summed E-state index contributed by atoms with van der Waals surface area (Å²) in [5.41, 5.74) is -1.24. The Hall–Kier alpha value is -1.65. The fourth-order valence-corrected chi connectivity index (χ4v) is 8.64. The molecule has 1 aliphatic carbocycles. The van der Waals surface area contributed by atoms with Crippen molar-refractivity contribution in [2.45, 2.75) is 66.6 Å². The summed E-state index contributed by atoms with van der Waals surface area (Å²) in [6.07, 6.45) is -3.42. The second kappa shape index (κ2) is 9.09. The number of alkyl halides is 3. The third kappa shape index (κ3) is 4.48. The van der Waals surface area contributed by atoms with Crippen LogP contribution in [0.2, 0.25) is 0 Å². The highest BCUT2D eigenvalue weighted by Gasteiger charge is 2.54. The molecule has 34 heavy (non-hydrogen) atoms. The van der Waals surface area contributed by atoms with Crippen LogP contribution in [-0.2, 0) is 20.8 Å². The van der Waals surface area contributed by atoms with Crippen LogP contribution in [0.25, 0.3) is 0 Å². The van der Waals surface area contributed by atoms with Crippen molar-refractivity contribution < 1.29 is 30.4 Å². The lowest BCUT2D eigenvalue weighted by Crippen LogP contribution is -2.52. The number of hydrogen-bond acceptors (Lipinski definition) is 4. The predicted molar refractivity (Wildman–Crippen MR) is 122 cm³/mol. The number of benzene rings is 2.